The van der Waals surface area contributed by atoms with Gasteiger partial charge in [0.2, 0.25) is 11.8 Å². The van der Waals surface area contributed by atoms with Crippen LogP contribution < -0.4 is 10.6 Å². The maximum Gasteiger partial charge on any atom is 0.229 e. The topological polar surface area (TPSA) is 94.0 Å². The van der Waals surface area contributed by atoms with Crippen LogP contribution in [0.3, 0.4) is 0 Å². The molecule has 0 aliphatic carbocycles. The fraction of sp³-hybridized carbons (Fsp3) is 0.571. The second-order valence-corrected chi connectivity index (χ2v) is 5.72. The Morgan fingerprint density at radius 2 is 1.90 bits per heavy atom. The molecule has 0 atom stereocenters. The summed E-state index contributed by atoms with van der Waals surface area (Å²) in [5.74, 6) is 2.91. The van der Waals surface area contributed by atoms with Gasteiger partial charge in [0.1, 0.15) is 0 Å². The van der Waals surface area contributed by atoms with Crippen LogP contribution in [0.1, 0.15) is 50.2 Å². The highest BCUT2D eigenvalue weighted by Gasteiger charge is 2.26. The van der Waals surface area contributed by atoms with E-state index in [0.717, 1.165) is 43.6 Å². The van der Waals surface area contributed by atoms with Gasteiger partial charge in [-0.15, -0.1) is 0 Å². The van der Waals surface area contributed by atoms with Crippen molar-refractivity contribution in [2.75, 3.05) is 23.7 Å². The number of aromatic nitrogens is 4. The van der Waals surface area contributed by atoms with Gasteiger partial charge >= 0.3 is 0 Å². The van der Waals surface area contributed by atoms with E-state index in [-0.39, 0.29) is 0 Å². The van der Waals surface area contributed by atoms with Crippen LogP contribution in [0.4, 0.5) is 11.6 Å². The first kappa shape index (κ1) is 13.8. The van der Waals surface area contributed by atoms with Crippen LogP contribution in [-0.2, 0) is 0 Å². The molecule has 0 spiro atoms. The first-order chi connectivity index (χ1) is 10.1. The van der Waals surface area contributed by atoms with Gasteiger partial charge in [-0.25, -0.2) is 9.97 Å². The van der Waals surface area contributed by atoms with Crippen molar-refractivity contribution in [3.63, 3.8) is 0 Å². The maximum absolute atomic E-state index is 5.61. The van der Waals surface area contributed by atoms with Crippen molar-refractivity contribution in [3.8, 4) is 0 Å². The predicted octanol–water partition coefficient (Wildman–Crippen LogP) is 1.95. The van der Waals surface area contributed by atoms with E-state index in [4.69, 9.17) is 10.3 Å². The highest BCUT2D eigenvalue weighted by molar-refractivity contribution is 5.38. The van der Waals surface area contributed by atoms with Gasteiger partial charge in [0.15, 0.2) is 5.82 Å². The van der Waals surface area contributed by atoms with Crippen molar-refractivity contribution in [2.24, 2.45) is 0 Å². The molecule has 2 N–H and O–H groups in total. The number of hydrogen-bond donors (Lipinski definition) is 1. The summed E-state index contributed by atoms with van der Waals surface area (Å²) in [7, 11) is 0. The summed E-state index contributed by atoms with van der Waals surface area (Å²) in [6, 6.07) is 0. The van der Waals surface area contributed by atoms with E-state index in [1.807, 2.05) is 0 Å². The van der Waals surface area contributed by atoms with E-state index < -0.39 is 0 Å². The Hall–Kier alpha value is -2.18. The Morgan fingerprint density at radius 1 is 1.24 bits per heavy atom. The molecule has 1 aliphatic heterocycles. The van der Waals surface area contributed by atoms with Gasteiger partial charge in [-0.05, 0) is 12.8 Å². The largest absolute Gasteiger partial charge is 0.396 e. The first-order valence-electron chi connectivity index (χ1n) is 7.29. The molecule has 0 saturated carbocycles. The third kappa shape index (κ3) is 2.96. The molecule has 3 heterocycles. The normalized spacial score (nSPS) is 16.6. The highest BCUT2D eigenvalue weighted by atomic mass is 16.5. The number of nitrogen functional groups attached to an aromatic ring is 1. The Bertz CT molecular complexity index is 586. The Kier molecular flexibility index (Phi) is 3.72. The summed E-state index contributed by atoms with van der Waals surface area (Å²) in [4.78, 5) is 15.2. The number of nitrogens with zero attached hydrogens (tertiary/aromatic N) is 5. The molecular formula is C14H20N6O. The molecule has 1 saturated heterocycles. The summed E-state index contributed by atoms with van der Waals surface area (Å²) < 4.78 is 5.39. The number of anilines is 2. The molecule has 2 aromatic rings. The van der Waals surface area contributed by atoms with Crippen molar-refractivity contribution < 1.29 is 4.52 Å². The van der Waals surface area contributed by atoms with Crippen molar-refractivity contribution in [1.82, 2.24) is 20.1 Å². The minimum Gasteiger partial charge on any atom is -0.396 e. The molecule has 1 fully saturated rings. The van der Waals surface area contributed by atoms with Crippen LogP contribution in [0.15, 0.2) is 16.9 Å². The smallest absolute Gasteiger partial charge is 0.229 e. The molecule has 7 heteroatoms. The Balaban J connectivity index is 1.63. The van der Waals surface area contributed by atoms with E-state index in [0.29, 0.717) is 17.5 Å². The van der Waals surface area contributed by atoms with Crippen molar-refractivity contribution in [3.05, 3.63) is 24.1 Å². The maximum atomic E-state index is 5.61. The summed E-state index contributed by atoms with van der Waals surface area (Å²) >= 11 is 0. The molecule has 3 rings (SSSR count). The van der Waals surface area contributed by atoms with Gasteiger partial charge in [0.05, 0.1) is 18.1 Å². The van der Waals surface area contributed by atoms with Gasteiger partial charge in [0, 0.05) is 24.9 Å². The first-order valence-corrected chi connectivity index (χ1v) is 7.29. The van der Waals surface area contributed by atoms with Gasteiger partial charge in [0.25, 0.3) is 0 Å². The zero-order valence-corrected chi connectivity index (χ0v) is 12.4. The van der Waals surface area contributed by atoms with Crippen molar-refractivity contribution in [1.29, 1.82) is 0 Å². The van der Waals surface area contributed by atoms with Crippen LogP contribution in [0.25, 0.3) is 0 Å². The van der Waals surface area contributed by atoms with E-state index >= 15 is 0 Å². The minimum absolute atomic E-state index is 0.297. The van der Waals surface area contributed by atoms with Gasteiger partial charge in [-0.2, -0.15) is 4.98 Å². The number of hydrogen-bond acceptors (Lipinski definition) is 7. The average Bonchev–Trinajstić information content (AvgIpc) is 2.98. The zero-order valence-electron chi connectivity index (χ0n) is 12.4. The van der Waals surface area contributed by atoms with Crippen LogP contribution in [0.2, 0.25) is 0 Å². The van der Waals surface area contributed by atoms with Crippen LogP contribution in [-0.4, -0.2) is 33.2 Å². The lowest BCUT2D eigenvalue weighted by molar-refractivity contribution is 0.325. The van der Waals surface area contributed by atoms with E-state index in [9.17, 15) is 0 Å². The number of piperidine rings is 1. The summed E-state index contributed by atoms with van der Waals surface area (Å²) in [5.41, 5.74) is 6.19. The van der Waals surface area contributed by atoms with Crippen molar-refractivity contribution >= 4 is 11.6 Å². The van der Waals surface area contributed by atoms with Crippen LogP contribution >= 0.6 is 0 Å². The number of nitrogens with two attached hydrogens (primary N) is 1. The second kappa shape index (κ2) is 5.67. The quantitative estimate of drug-likeness (QED) is 0.922. The third-order valence-electron chi connectivity index (χ3n) is 3.76. The Labute approximate surface area is 123 Å². The summed E-state index contributed by atoms with van der Waals surface area (Å²) in [6.45, 7) is 5.90. The average molecular weight is 288 g/mol. The fourth-order valence-corrected chi connectivity index (χ4v) is 2.47. The second-order valence-electron chi connectivity index (χ2n) is 5.72. The lowest BCUT2D eigenvalue weighted by Crippen LogP contribution is -2.34. The van der Waals surface area contributed by atoms with E-state index in [1.54, 1.807) is 12.4 Å². The molecular weight excluding hydrogens is 268 g/mol. The Morgan fingerprint density at radius 3 is 2.48 bits per heavy atom. The lowest BCUT2D eigenvalue weighted by atomic mass is 9.97. The summed E-state index contributed by atoms with van der Waals surface area (Å²) in [5, 5.41) is 4.04. The molecule has 0 unspecified atom stereocenters. The molecule has 0 amide bonds. The number of rotatable bonds is 3. The predicted molar refractivity (Wildman–Crippen MR) is 79.0 cm³/mol. The lowest BCUT2D eigenvalue weighted by Gasteiger charge is -2.30. The molecule has 0 radical (unpaired) electrons. The van der Waals surface area contributed by atoms with Crippen LogP contribution in [0, 0.1) is 0 Å². The molecule has 0 aromatic carbocycles. The van der Waals surface area contributed by atoms with Gasteiger partial charge < -0.3 is 15.2 Å². The summed E-state index contributed by atoms with van der Waals surface area (Å²) in [6.07, 6.45) is 5.21. The fourth-order valence-electron chi connectivity index (χ4n) is 2.47. The molecule has 112 valence electrons. The van der Waals surface area contributed by atoms with E-state index in [2.05, 4.69) is 38.9 Å². The molecule has 0 bridgehead atoms. The molecule has 1 aliphatic rings. The van der Waals surface area contributed by atoms with Crippen LogP contribution in [0.5, 0.6) is 0 Å². The van der Waals surface area contributed by atoms with E-state index in [1.165, 1.54) is 0 Å². The minimum atomic E-state index is 0.297. The standard InChI is InChI=1S/C14H20N6O/c1-9(2)12-18-13(21-19-12)10-3-5-20(6-4-10)14-16-7-11(15)8-17-14/h7-10H,3-6,15H2,1-2H3. The van der Waals surface area contributed by atoms with Gasteiger partial charge in [-0.3, -0.25) is 0 Å². The zero-order chi connectivity index (χ0) is 14.8. The third-order valence-corrected chi connectivity index (χ3v) is 3.76. The molecule has 21 heavy (non-hydrogen) atoms. The monoisotopic (exact) mass is 288 g/mol. The molecule has 7 nitrogen and oxygen atoms in total. The SMILES string of the molecule is CC(C)c1noc(C2CCN(c3ncc(N)cn3)CC2)n1. The highest BCUT2D eigenvalue weighted by Crippen LogP contribution is 2.29. The van der Waals surface area contributed by atoms with Gasteiger partial charge in [-0.1, -0.05) is 19.0 Å². The van der Waals surface area contributed by atoms with Crippen molar-refractivity contribution in [2.45, 2.75) is 38.5 Å². The molecule has 2 aromatic heterocycles.